The van der Waals surface area contributed by atoms with Gasteiger partial charge in [-0.15, -0.1) is 0 Å². The third kappa shape index (κ3) is 3.14. The third-order valence-corrected chi connectivity index (χ3v) is 5.07. The maximum Gasteiger partial charge on any atom is 0.272 e. The van der Waals surface area contributed by atoms with Crippen LogP contribution >= 0.6 is 0 Å². The van der Waals surface area contributed by atoms with Crippen LogP contribution in [-0.4, -0.2) is 60.6 Å². The first-order chi connectivity index (χ1) is 15.6. The molecule has 2 aliphatic heterocycles. The molecule has 0 aliphatic carbocycles. The predicted molar refractivity (Wildman–Crippen MR) is 108 cm³/mol. The fourth-order valence-electron chi connectivity index (χ4n) is 3.86. The van der Waals surface area contributed by atoms with Crippen LogP contribution in [0, 0.1) is 13.8 Å². The second-order valence-corrected chi connectivity index (χ2v) is 7.18. The van der Waals surface area contributed by atoms with Gasteiger partial charge in [0.15, 0.2) is 5.82 Å². The number of aryl methyl sites for hydroxylation is 2. The van der Waals surface area contributed by atoms with E-state index in [1.807, 2.05) is 19.9 Å². The summed E-state index contributed by atoms with van der Waals surface area (Å²) >= 11 is 0. The van der Waals surface area contributed by atoms with E-state index in [2.05, 4.69) is 20.1 Å². The molecule has 8 nitrogen and oxygen atoms in total. The Morgan fingerprint density at radius 3 is 2.45 bits per heavy atom. The quantitative estimate of drug-likeness (QED) is 0.678. The number of carbonyl (C=O) groups excluding carboxylic acids is 1. The minimum atomic E-state index is -2.33. The van der Waals surface area contributed by atoms with Crippen molar-refractivity contribution in [1.29, 1.82) is 0 Å². The molecule has 2 aliphatic rings. The number of rotatable bonds is 3. The average molecular weight is 393 g/mol. The summed E-state index contributed by atoms with van der Waals surface area (Å²) in [5.41, 5.74) is 1.48. The van der Waals surface area contributed by atoms with Crippen LogP contribution in [0.2, 0.25) is 0 Å². The van der Waals surface area contributed by atoms with Crippen LogP contribution in [0.4, 0.5) is 5.95 Å². The fraction of sp³-hybridized carbons (Fsp3) is 0.381. The van der Waals surface area contributed by atoms with Gasteiger partial charge in [0.05, 0.1) is 11.7 Å². The number of amides is 1. The van der Waals surface area contributed by atoms with E-state index in [1.165, 1.54) is 16.9 Å². The van der Waals surface area contributed by atoms with Gasteiger partial charge in [-0.3, -0.25) is 4.79 Å². The normalized spacial score (nSPS) is 26.4. The zero-order chi connectivity index (χ0) is 23.5. The van der Waals surface area contributed by atoms with E-state index in [0.29, 0.717) is 24.6 Å². The minimum absolute atomic E-state index is 0.0388. The second-order valence-electron chi connectivity index (χ2n) is 7.18. The number of aromatic nitrogens is 5. The summed E-state index contributed by atoms with van der Waals surface area (Å²) in [6.45, 7) is -1.01. The maximum atomic E-state index is 13.7. The van der Waals surface area contributed by atoms with Crippen LogP contribution in [0.15, 0.2) is 42.7 Å². The molecule has 1 amide bonds. The highest BCUT2D eigenvalue weighted by Crippen LogP contribution is 2.34. The van der Waals surface area contributed by atoms with Crippen LogP contribution < -0.4 is 4.90 Å². The van der Waals surface area contributed by atoms with Gasteiger partial charge in [-0.1, -0.05) is 6.07 Å². The lowest BCUT2D eigenvalue weighted by atomic mass is 10.2. The van der Waals surface area contributed by atoms with E-state index in [4.69, 9.17) is 5.48 Å². The summed E-state index contributed by atoms with van der Waals surface area (Å²) in [7, 11) is 0. The zero-order valence-corrected chi connectivity index (χ0v) is 16.1. The van der Waals surface area contributed by atoms with Crippen LogP contribution in [0.25, 0.3) is 5.82 Å². The first-order valence-electron chi connectivity index (χ1n) is 11.5. The van der Waals surface area contributed by atoms with E-state index in [9.17, 15) is 4.79 Å². The van der Waals surface area contributed by atoms with Gasteiger partial charge in [-0.25, -0.2) is 19.6 Å². The molecule has 2 bridgehead atoms. The van der Waals surface area contributed by atoms with Gasteiger partial charge in [0.2, 0.25) is 5.95 Å². The molecule has 0 radical (unpaired) electrons. The zero-order valence-electron chi connectivity index (χ0n) is 20.1. The summed E-state index contributed by atoms with van der Waals surface area (Å²) in [6.07, 6.45) is 3.72. The molecule has 8 heteroatoms. The van der Waals surface area contributed by atoms with Crippen molar-refractivity contribution in [2.75, 3.05) is 17.9 Å². The molecule has 3 aromatic heterocycles. The van der Waals surface area contributed by atoms with Crippen LogP contribution in [-0.2, 0) is 0 Å². The van der Waals surface area contributed by atoms with E-state index in [1.54, 1.807) is 29.3 Å². The van der Waals surface area contributed by atoms with Gasteiger partial charge in [0.25, 0.3) is 5.91 Å². The number of likely N-dealkylation sites (tertiary alicyclic amines) is 1. The molecular weight excluding hydrogens is 366 g/mol. The highest BCUT2D eigenvalue weighted by Gasteiger charge is 2.43. The average Bonchev–Trinajstić information content (AvgIpc) is 3.40. The lowest BCUT2D eigenvalue weighted by Gasteiger charge is -2.41. The number of piperazine rings is 1. The Morgan fingerprint density at radius 1 is 1.07 bits per heavy atom. The molecule has 0 aromatic carbocycles. The van der Waals surface area contributed by atoms with Crippen molar-refractivity contribution in [1.82, 2.24) is 29.6 Å². The molecule has 2 fully saturated rings. The first-order valence-corrected chi connectivity index (χ1v) is 9.53. The second kappa shape index (κ2) is 6.95. The van der Waals surface area contributed by atoms with E-state index >= 15 is 0 Å². The lowest BCUT2D eigenvalue weighted by molar-refractivity contribution is 0.0707. The molecule has 3 aromatic rings. The Labute approximate surface area is 174 Å². The molecule has 29 heavy (non-hydrogen) atoms. The van der Waals surface area contributed by atoms with Crippen LogP contribution in [0.5, 0.6) is 0 Å². The molecule has 0 spiro atoms. The van der Waals surface area contributed by atoms with Crippen molar-refractivity contribution in [3.63, 3.8) is 0 Å². The van der Waals surface area contributed by atoms with Gasteiger partial charge in [-0.2, -0.15) is 5.10 Å². The number of pyridine rings is 1. The lowest BCUT2D eigenvalue weighted by Crippen LogP contribution is -2.56. The van der Waals surface area contributed by atoms with Gasteiger partial charge in [-0.05, 0) is 51.0 Å². The molecular formula is C21H23N7O. The van der Waals surface area contributed by atoms with E-state index in [0.717, 1.165) is 16.3 Å². The van der Waals surface area contributed by atoms with E-state index < -0.39 is 31.0 Å². The van der Waals surface area contributed by atoms with Crippen molar-refractivity contribution in [2.24, 2.45) is 0 Å². The Balaban J connectivity index is 1.58. The van der Waals surface area contributed by atoms with Crippen molar-refractivity contribution in [3.8, 4) is 5.82 Å². The molecule has 2 saturated heterocycles. The number of nitrogens with zero attached hydrogens (tertiary/aromatic N) is 7. The Hall–Kier alpha value is -3.29. The van der Waals surface area contributed by atoms with Crippen molar-refractivity contribution >= 4 is 11.9 Å². The van der Waals surface area contributed by atoms with Gasteiger partial charge < -0.3 is 9.80 Å². The van der Waals surface area contributed by atoms with E-state index in [-0.39, 0.29) is 5.69 Å². The number of carbonyl (C=O) groups is 1. The monoisotopic (exact) mass is 393 g/mol. The fourth-order valence-corrected chi connectivity index (χ4v) is 3.86. The molecule has 5 rings (SSSR count). The molecule has 2 unspecified atom stereocenters. The Kier molecular flexibility index (Phi) is 3.31. The summed E-state index contributed by atoms with van der Waals surface area (Å²) in [5, 5.41) is 4.16. The highest BCUT2D eigenvalue weighted by molar-refractivity contribution is 5.93. The summed E-state index contributed by atoms with van der Waals surface area (Å²) in [6, 6.07) is 6.84. The van der Waals surface area contributed by atoms with Crippen LogP contribution in [0.1, 0.15) is 40.2 Å². The molecule has 5 heterocycles. The first kappa shape index (κ1) is 13.8. The predicted octanol–water partition coefficient (Wildman–Crippen LogP) is 2.17. The number of hydrogen-bond donors (Lipinski definition) is 0. The standard InChI is InChI=1S/C21H23N7O/c1-14-11-15(2)25-21(24-14)27-16-6-7-17(27)13-26(12-16)20(29)18-8-10-23-28(18)19-5-3-4-9-22-19/h3-5,8-11,16-17H,6-7,12-13H2,1-2H3/i12D2,13D2. The van der Waals surface area contributed by atoms with Crippen molar-refractivity contribution in [2.45, 2.75) is 38.8 Å². The molecule has 148 valence electrons. The van der Waals surface area contributed by atoms with Crippen molar-refractivity contribution in [3.05, 3.63) is 59.8 Å². The van der Waals surface area contributed by atoms with Gasteiger partial charge in [0, 0.05) is 42.7 Å². The summed E-state index contributed by atoms with van der Waals surface area (Å²) in [5.74, 6) is -0.110. The van der Waals surface area contributed by atoms with Crippen molar-refractivity contribution < 1.29 is 10.3 Å². The number of fused-ring (bicyclic) bond motifs is 2. The highest BCUT2D eigenvalue weighted by atomic mass is 16.2. The summed E-state index contributed by atoms with van der Waals surface area (Å²) in [4.78, 5) is 29.2. The maximum absolute atomic E-state index is 13.7. The largest absolute Gasteiger partial charge is 0.333 e. The van der Waals surface area contributed by atoms with Gasteiger partial charge in [0.1, 0.15) is 5.69 Å². The number of anilines is 1. The molecule has 0 saturated carbocycles. The third-order valence-electron chi connectivity index (χ3n) is 5.07. The Morgan fingerprint density at radius 2 is 1.79 bits per heavy atom. The molecule has 2 atom stereocenters. The SMILES string of the molecule is [2H]C1([2H])C2CCC(N2c2nc(C)cc(C)n2)C([2H])([2H])N1C(=O)c1ccnn1-c1ccccn1. The number of hydrogen-bond acceptors (Lipinski definition) is 6. The summed E-state index contributed by atoms with van der Waals surface area (Å²) < 4.78 is 36.9. The minimum Gasteiger partial charge on any atom is -0.333 e. The van der Waals surface area contributed by atoms with Gasteiger partial charge >= 0.3 is 0 Å². The van der Waals surface area contributed by atoms with Crippen LogP contribution in [0.3, 0.4) is 0 Å². The smallest absolute Gasteiger partial charge is 0.272 e. The Bertz CT molecular complexity index is 1170. The topological polar surface area (TPSA) is 80.0 Å². The molecule has 0 N–H and O–H groups in total.